The van der Waals surface area contributed by atoms with E-state index < -0.39 is 0 Å². The zero-order valence-electron chi connectivity index (χ0n) is 16.9. The number of likely N-dealkylation sites (tertiary alicyclic amines) is 1. The third-order valence-electron chi connectivity index (χ3n) is 6.60. The molecule has 0 aromatic heterocycles. The number of amides is 2. The number of nitrogens with one attached hydrogen (secondary N) is 3. The summed E-state index contributed by atoms with van der Waals surface area (Å²) < 4.78 is 0. The van der Waals surface area contributed by atoms with Gasteiger partial charge in [0.25, 0.3) is 5.91 Å². The second-order valence-electron chi connectivity index (χ2n) is 8.46. The molecule has 1 aromatic rings. The molecule has 3 N–H and O–H groups in total. The lowest BCUT2D eigenvalue weighted by molar-refractivity contribution is -0.924. The highest BCUT2D eigenvalue weighted by atomic mass is 16.2. The Hall–Kier alpha value is -1.88. The van der Waals surface area contributed by atoms with Gasteiger partial charge in [-0.05, 0) is 57.1 Å². The van der Waals surface area contributed by atoms with Crippen LogP contribution in [0.25, 0.3) is 0 Å². The number of fused-ring (bicyclic) bond motifs is 1. The number of carbonyl (C=O) groups is 2. The van der Waals surface area contributed by atoms with Gasteiger partial charge in [0.15, 0.2) is 6.04 Å². The second kappa shape index (κ2) is 8.87. The number of rotatable bonds is 5. The van der Waals surface area contributed by atoms with E-state index in [0.29, 0.717) is 0 Å². The van der Waals surface area contributed by atoms with Crippen molar-refractivity contribution >= 4 is 17.5 Å². The number of anilines is 1. The van der Waals surface area contributed by atoms with E-state index >= 15 is 0 Å². The van der Waals surface area contributed by atoms with Crippen LogP contribution in [0.15, 0.2) is 18.2 Å². The molecule has 1 aromatic carbocycles. The van der Waals surface area contributed by atoms with Crippen LogP contribution in [-0.4, -0.2) is 37.5 Å². The molecular formula is C22H34N3O2+. The summed E-state index contributed by atoms with van der Waals surface area (Å²) in [7, 11) is 0. The number of benzene rings is 1. The molecule has 1 aliphatic heterocycles. The van der Waals surface area contributed by atoms with Gasteiger partial charge in [-0.2, -0.15) is 0 Å². The van der Waals surface area contributed by atoms with Crippen LogP contribution in [0, 0.1) is 25.7 Å². The Kier molecular flexibility index (Phi) is 6.53. The molecule has 1 aliphatic carbocycles. The quantitative estimate of drug-likeness (QED) is 0.739. The van der Waals surface area contributed by atoms with Gasteiger partial charge < -0.3 is 15.5 Å². The van der Waals surface area contributed by atoms with Crippen molar-refractivity contribution in [2.24, 2.45) is 11.8 Å². The SMILES string of the molecule is Cc1cccc(C)c1NC(=O)CNC(=O)[C@H](C)[NH+]1CC[C@@H]2CCCC[C@@H]2C1. The summed E-state index contributed by atoms with van der Waals surface area (Å²) >= 11 is 0. The van der Waals surface area contributed by atoms with E-state index in [9.17, 15) is 9.59 Å². The minimum atomic E-state index is -0.172. The number of quaternary nitrogens is 1. The Bertz CT molecular complexity index is 668. The molecule has 1 heterocycles. The first-order valence-corrected chi connectivity index (χ1v) is 10.4. The molecule has 5 heteroatoms. The van der Waals surface area contributed by atoms with Crippen LogP contribution in [-0.2, 0) is 9.59 Å². The van der Waals surface area contributed by atoms with Gasteiger partial charge in [-0.25, -0.2) is 0 Å². The van der Waals surface area contributed by atoms with Crippen LogP contribution in [0.1, 0.15) is 50.2 Å². The standard InChI is InChI=1S/C22H33N3O2/c1-15-7-6-8-16(2)21(15)24-20(26)13-23-22(27)17(3)25-12-11-18-9-4-5-10-19(18)14-25/h6-8,17-19H,4-5,9-14H2,1-3H3,(H,23,27)(H,24,26)/p+1/t17-,18-,19+/m0/s1. The van der Waals surface area contributed by atoms with E-state index in [1.165, 1.54) is 37.0 Å². The first-order chi connectivity index (χ1) is 13.0. The van der Waals surface area contributed by atoms with E-state index in [-0.39, 0.29) is 24.4 Å². The van der Waals surface area contributed by atoms with Crippen molar-refractivity contribution in [1.29, 1.82) is 0 Å². The van der Waals surface area contributed by atoms with Crippen molar-refractivity contribution in [2.45, 2.75) is 58.9 Å². The van der Waals surface area contributed by atoms with Crippen LogP contribution in [0.4, 0.5) is 5.69 Å². The number of aryl methyl sites for hydroxylation is 2. The smallest absolute Gasteiger partial charge is 0.278 e. The van der Waals surface area contributed by atoms with Gasteiger partial charge in [-0.3, -0.25) is 9.59 Å². The summed E-state index contributed by atoms with van der Waals surface area (Å²) in [6, 6.07) is 5.83. The molecule has 27 heavy (non-hydrogen) atoms. The number of hydrogen-bond donors (Lipinski definition) is 3. The number of para-hydroxylation sites is 1. The van der Waals surface area contributed by atoms with Gasteiger partial charge in [0, 0.05) is 11.6 Å². The minimum absolute atomic E-state index is 0.0177. The monoisotopic (exact) mass is 372 g/mol. The van der Waals surface area contributed by atoms with Crippen molar-refractivity contribution in [3.8, 4) is 0 Å². The van der Waals surface area contributed by atoms with Gasteiger partial charge >= 0.3 is 0 Å². The van der Waals surface area contributed by atoms with E-state index in [4.69, 9.17) is 0 Å². The zero-order chi connectivity index (χ0) is 19.4. The summed E-state index contributed by atoms with van der Waals surface area (Å²) in [6.07, 6.45) is 6.65. The molecule has 0 spiro atoms. The van der Waals surface area contributed by atoms with Crippen molar-refractivity contribution in [3.05, 3.63) is 29.3 Å². The maximum absolute atomic E-state index is 12.6. The Labute approximate surface area is 162 Å². The van der Waals surface area contributed by atoms with Crippen molar-refractivity contribution in [1.82, 2.24) is 5.32 Å². The van der Waals surface area contributed by atoms with Crippen molar-refractivity contribution in [3.63, 3.8) is 0 Å². The van der Waals surface area contributed by atoms with Gasteiger partial charge in [0.1, 0.15) is 0 Å². The molecule has 3 rings (SSSR count). The van der Waals surface area contributed by atoms with Gasteiger partial charge in [-0.15, -0.1) is 0 Å². The largest absolute Gasteiger partial charge is 0.342 e. The maximum atomic E-state index is 12.6. The van der Waals surface area contributed by atoms with E-state index in [2.05, 4.69) is 10.6 Å². The van der Waals surface area contributed by atoms with Crippen LogP contribution >= 0.6 is 0 Å². The van der Waals surface area contributed by atoms with E-state index in [0.717, 1.165) is 41.7 Å². The highest BCUT2D eigenvalue weighted by Gasteiger charge is 2.37. The Morgan fingerprint density at radius 1 is 1.11 bits per heavy atom. The molecule has 1 saturated carbocycles. The Morgan fingerprint density at radius 2 is 1.78 bits per heavy atom. The van der Waals surface area contributed by atoms with Crippen LogP contribution in [0.3, 0.4) is 0 Å². The number of piperidine rings is 1. The lowest BCUT2D eigenvalue weighted by atomic mass is 9.75. The minimum Gasteiger partial charge on any atom is -0.342 e. The van der Waals surface area contributed by atoms with Crippen LogP contribution in [0.5, 0.6) is 0 Å². The first-order valence-electron chi connectivity index (χ1n) is 10.4. The maximum Gasteiger partial charge on any atom is 0.278 e. The summed E-state index contributed by atoms with van der Waals surface area (Å²) in [5, 5.41) is 5.77. The Balaban J connectivity index is 1.47. The molecule has 2 amide bonds. The lowest BCUT2D eigenvalue weighted by Crippen LogP contribution is -3.18. The zero-order valence-corrected chi connectivity index (χ0v) is 16.9. The summed E-state index contributed by atoms with van der Waals surface area (Å²) in [4.78, 5) is 26.2. The molecule has 2 aliphatic rings. The van der Waals surface area contributed by atoms with Crippen molar-refractivity contribution in [2.75, 3.05) is 25.0 Å². The highest BCUT2D eigenvalue weighted by molar-refractivity contribution is 5.96. The molecular weight excluding hydrogens is 338 g/mol. The molecule has 5 nitrogen and oxygen atoms in total. The molecule has 0 radical (unpaired) electrons. The number of hydrogen-bond acceptors (Lipinski definition) is 2. The number of carbonyl (C=O) groups excluding carboxylic acids is 2. The van der Waals surface area contributed by atoms with Crippen molar-refractivity contribution < 1.29 is 14.5 Å². The molecule has 2 fully saturated rings. The molecule has 1 saturated heterocycles. The molecule has 0 bridgehead atoms. The summed E-state index contributed by atoms with van der Waals surface area (Å²) in [5.74, 6) is 1.47. The average molecular weight is 373 g/mol. The lowest BCUT2D eigenvalue weighted by Gasteiger charge is -2.40. The third kappa shape index (κ3) is 4.89. The fourth-order valence-electron chi connectivity index (χ4n) is 4.84. The Morgan fingerprint density at radius 3 is 2.48 bits per heavy atom. The summed E-state index contributed by atoms with van der Waals surface area (Å²) in [6.45, 7) is 8.15. The van der Waals surface area contributed by atoms with Crippen LogP contribution in [0.2, 0.25) is 0 Å². The van der Waals surface area contributed by atoms with Gasteiger partial charge in [-0.1, -0.05) is 31.0 Å². The first kappa shape index (κ1) is 19.9. The molecule has 4 atom stereocenters. The fourth-order valence-corrected chi connectivity index (χ4v) is 4.84. The fraction of sp³-hybridized carbons (Fsp3) is 0.636. The molecule has 1 unspecified atom stereocenters. The van der Waals surface area contributed by atoms with Crippen LogP contribution < -0.4 is 15.5 Å². The third-order valence-corrected chi connectivity index (χ3v) is 6.60. The molecule has 148 valence electrons. The van der Waals surface area contributed by atoms with Gasteiger partial charge in [0.2, 0.25) is 5.91 Å². The second-order valence-corrected chi connectivity index (χ2v) is 8.46. The van der Waals surface area contributed by atoms with E-state index in [1.54, 1.807) is 0 Å². The average Bonchev–Trinajstić information content (AvgIpc) is 2.68. The highest BCUT2D eigenvalue weighted by Crippen LogP contribution is 2.32. The predicted molar refractivity (Wildman–Crippen MR) is 108 cm³/mol. The normalized spacial score (nSPS) is 26.0. The van der Waals surface area contributed by atoms with Gasteiger partial charge in [0.05, 0.1) is 19.6 Å². The predicted octanol–water partition coefficient (Wildman–Crippen LogP) is 1.84. The van der Waals surface area contributed by atoms with E-state index in [1.807, 2.05) is 39.0 Å². The topological polar surface area (TPSA) is 62.6 Å². The summed E-state index contributed by atoms with van der Waals surface area (Å²) in [5.41, 5.74) is 2.90.